The lowest BCUT2D eigenvalue weighted by atomic mass is 10.1. The summed E-state index contributed by atoms with van der Waals surface area (Å²) >= 11 is 0. The normalized spacial score (nSPS) is 21.1. The summed E-state index contributed by atoms with van der Waals surface area (Å²) in [6.45, 7) is 5.74. The van der Waals surface area contributed by atoms with Gasteiger partial charge >= 0.3 is 0 Å². The molecule has 1 aromatic heterocycles. The summed E-state index contributed by atoms with van der Waals surface area (Å²) in [6, 6.07) is 8.55. The number of carbonyl (C=O) groups is 2. The summed E-state index contributed by atoms with van der Waals surface area (Å²) in [5, 5.41) is 4.16. The van der Waals surface area contributed by atoms with Crippen LogP contribution in [0.1, 0.15) is 44.7 Å². The molecule has 1 aliphatic heterocycles. The molecule has 1 aromatic carbocycles. The van der Waals surface area contributed by atoms with Crippen molar-refractivity contribution < 1.29 is 9.59 Å². The van der Waals surface area contributed by atoms with E-state index in [9.17, 15) is 9.59 Å². The third-order valence-electron chi connectivity index (χ3n) is 5.99. The Balaban J connectivity index is 1.46. The highest BCUT2D eigenvalue weighted by Crippen LogP contribution is 2.30. The number of rotatable bonds is 4. The van der Waals surface area contributed by atoms with Gasteiger partial charge in [0.15, 0.2) is 0 Å². The molecule has 2 heterocycles. The molecular weight excluding hydrogens is 326 g/mol. The molecule has 138 valence electrons. The molecular formula is C21H27N3O2. The van der Waals surface area contributed by atoms with Crippen molar-refractivity contribution in [3.63, 3.8) is 0 Å². The Hall–Kier alpha value is -2.30. The van der Waals surface area contributed by atoms with Gasteiger partial charge in [-0.05, 0) is 51.0 Å². The molecule has 2 aliphatic rings. The second kappa shape index (κ2) is 6.78. The Labute approximate surface area is 154 Å². The summed E-state index contributed by atoms with van der Waals surface area (Å²) in [7, 11) is 0. The van der Waals surface area contributed by atoms with Crippen LogP contribution in [-0.4, -0.2) is 33.9 Å². The number of aryl methyl sites for hydroxylation is 2. The van der Waals surface area contributed by atoms with Gasteiger partial charge in [-0.15, -0.1) is 0 Å². The zero-order valence-corrected chi connectivity index (χ0v) is 15.6. The lowest BCUT2D eigenvalue weighted by Crippen LogP contribution is -2.35. The Morgan fingerprint density at radius 3 is 2.73 bits per heavy atom. The van der Waals surface area contributed by atoms with Gasteiger partial charge in [-0.2, -0.15) is 0 Å². The van der Waals surface area contributed by atoms with E-state index < -0.39 is 0 Å². The number of hydrogen-bond donors (Lipinski definition) is 1. The highest BCUT2D eigenvalue weighted by Gasteiger charge is 2.38. The molecule has 1 unspecified atom stereocenters. The number of likely N-dealkylation sites (tertiary alicyclic amines) is 1. The molecule has 5 nitrogen and oxygen atoms in total. The molecule has 26 heavy (non-hydrogen) atoms. The lowest BCUT2D eigenvalue weighted by molar-refractivity contribution is -0.129. The summed E-state index contributed by atoms with van der Waals surface area (Å²) in [5.41, 5.74) is 3.22. The average molecular weight is 353 g/mol. The standard InChI is InChI=1S/C21H27N3O2/c1-3-23-14(2)10-15-11-17(8-9-19(15)23)22-21(26)16-12-20(25)24(13-16)18-6-4-5-7-18/h8-11,16,18H,3-7,12-13H2,1-2H3,(H,22,26). The highest BCUT2D eigenvalue weighted by atomic mass is 16.2. The van der Waals surface area contributed by atoms with E-state index in [4.69, 9.17) is 0 Å². The van der Waals surface area contributed by atoms with E-state index in [1.807, 2.05) is 17.0 Å². The van der Waals surface area contributed by atoms with Gasteiger partial charge in [0.05, 0.1) is 5.92 Å². The Bertz CT molecular complexity index is 848. The van der Waals surface area contributed by atoms with Crippen LogP contribution in [0.3, 0.4) is 0 Å². The first kappa shape index (κ1) is 17.1. The van der Waals surface area contributed by atoms with E-state index in [0.717, 1.165) is 30.5 Å². The van der Waals surface area contributed by atoms with Gasteiger partial charge in [0.2, 0.25) is 11.8 Å². The second-order valence-electron chi connectivity index (χ2n) is 7.68. The molecule has 0 radical (unpaired) electrons. The zero-order valence-electron chi connectivity index (χ0n) is 15.6. The number of nitrogens with one attached hydrogen (secondary N) is 1. The third kappa shape index (κ3) is 3.00. The van der Waals surface area contributed by atoms with E-state index >= 15 is 0 Å². The largest absolute Gasteiger partial charge is 0.345 e. The van der Waals surface area contributed by atoms with Crippen molar-refractivity contribution in [1.82, 2.24) is 9.47 Å². The molecule has 1 saturated carbocycles. The number of anilines is 1. The van der Waals surface area contributed by atoms with Crippen LogP contribution in [0.2, 0.25) is 0 Å². The monoisotopic (exact) mass is 353 g/mol. The Kier molecular flexibility index (Phi) is 4.47. The number of amides is 2. The molecule has 1 aliphatic carbocycles. The van der Waals surface area contributed by atoms with E-state index in [1.54, 1.807) is 0 Å². The maximum atomic E-state index is 12.7. The minimum atomic E-state index is -0.235. The average Bonchev–Trinajstić information content (AvgIpc) is 3.32. The van der Waals surface area contributed by atoms with Gasteiger partial charge in [0.25, 0.3) is 0 Å². The minimum Gasteiger partial charge on any atom is -0.345 e. The number of aromatic nitrogens is 1. The Morgan fingerprint density at radius 2 is 2.00 bits per heavy atom. The fraction of sp³-hybridized carbons (Fsp3) is 0.524. The van der Waals surface area contributed by atoms with Crippen LogP contribution in [-0.2, 0) is 16.1 Å². The minimum absolute atomic E-state index is 0.0372. The molecule has 1 N–H and O–H groups in total. The molecule has 2 aromatic rings. The highest BCUT2D eigenvalue weighted by molar-refractivity contribution is 5.98. The van der Waals surface area contributed by atoms with E-state index in [2.05, 4.69) is 35.9 Å². The summed E-state index contributed by atoms with van der Waals surface area (Å²) in [6.07, 6.45) is 4.91. The Morgan fingerprint density at radius 1 is 1.23 bits per heavy atom. The van der Waals surface area contributed by atoms with Crippen LogP contribution in [0, 0.1) is 12.8 Å². The number of benzene rings is 1. The first-order valence-corrected chi connectivity index (χ1v) is 9.77. The summed E-state index contributed by atoms with van der Waals surface area (Å²) in [5.74, 6) is -0.131. The SMILES string of the molecule is CCn1c(C)cc2cc(NC(=O)C3CC(=O)N(C4CCCC4)C3)ccc21. The molecule has 4 rings (SSSR count). The maximum absolute atomic E-state index is 12.7. The zero-order chi connectivity index (χ0) is 18.3. The van der Waals surface area contributed by atoms with Crippen molar-refractivity contribution in [2.24, 2.45) is 5.92 Å². The van der Waals surface area contributed by atoms with E-state index in [1.165, 1.54) is 24.1 Å². The second-order valence-corrected chi connectivity index (χ2v) is 7.68. The number of carbonyl (C=O) groups excluding carboxylic acids is 2. The van der Waals surface area contributed by atoms with E-state index in [0.29, 0.717) is 19.0 Å². The van der Waals surface area contributed by atoms with Crippen molar-refractivity contribution >= 4 is 28.4 Å². The molecule has 2 amide bonds. The van der Waals surface area contributed by atoms with Crippen molar-refractivity contribution in [2.45, 2.75) is 58.5 Å². The lowest BCUT2D eigenvalue weighted by Gasteiger charge is -2.23. The number of nitrogens with zero attached hydrogens (tertiary/aromatic N) is 2. The van der Waals surface area contributed by atoms with Gasteiger partial charge in [0, 0.05) is 47.8 Å². The van der Waals surface area contributed by atoms with E-state index in [-0.39, 0.29) is 17.7 Å². The molecule has 1 atom stereocenters. The number of fused-ring (bicyclic) bond motifs is 1. The maximum Gasteiger partial charge on any atom is 0.229 e. The van der Waals surface area contributed by atoms with Gasteiger partial charge in [0.1, 0.15) is 0 Å². The third-order valence-corrected chi connectivity index (χ3v) is 5.99. The molecule has 0 spiro atoms. The van der Waals surface area contributed by atoms with Gasteiger partial charge in [-0.3, -0.25) is 9.59 Å². The van der Waals surface area contributed by atoms with Crippen LogP contribution < -0.4 is 5.32 Å². The fourth-order valence-electron chi connectivity index (χ4n) is 4.63. The first-order valence-electron chi connectivity index (χ1n) is 9.77. The number of hydrogen-bond acceptors (Lipinski definition) is 2. The smallest absolute Gasteiger partial charge is 0.229 e. The van der Waals surface area contributed by atoms with Crippen molar-refractivity contribution in [1.29, 1.82) is 0 Å². The van der Waals surface area contributed by atoms with Crippen LogP contribution in [0.25, 0.3) is 10.9 Å². The fourth-order valence-corrected chi connectivity index (χ4v) is 4.63. The van der Waals surface area contributed by atoms with Crippen LogP contribution in [0.4, 0.5) is 5.69 Å². The van der Waals surface area contributed by atoms with Gasteiger partial charge < -0.3 is 14.8 Å². The molecule has 2 fully saturated rings. The van der Waals surface area contributed by atoms with Gasteiger partial charge in [-0.25, -0.2) is 0 Å². The topological polar surface area (TPSA) is 54.3 Å². The molecule has 1 saturated heterocycles. The van der Waals surface area contributed by atoms with Crippen LogP contribution >= 0.6 is 0 Å². The molecule has 5 heteroatoms. The predicted octanol–water partition coefficient (Wildman–Crippen LogP) is 3.70. The molecule has 0 bridgehead atoms. The predicted molar refractivity (Wildman–Crippen MR) is 103 cm³/mol. The van der Waals surface area contributed by atoms with Crippen molar-refractivity contribution in [3.8, 4) is 0 Å². The van der Waals surface area contributed by atoms with Crippen molar-refractivity contribution in [3.05, 3.63) is 30.0 Å². The summed E-state index contributed by atoms with van der Waals surface area (Å²) < 4.78 is 2.26. The van der Waals surface area contributed by atoms with Crippen LogP contribution in [0.5, 0.6) is 0 Å². The van der Waals surface area contributed by atoms with Crippen LogP contribution in [0.15, 0.2) is 24.3 Å². The quantitative estimate of drug-likeness (QED) is 0.911. The summed E-state index contributed by atoms with van der Waals surface area (Å²) in [4.78, 5) is 27.0. The van der Waals surface area contributed by atoms with Crippen molar-refractivity contribution in [2.75, 3.05) is 11.9 Å². The van der Waals surface area contributed by atoms with Gasteiger partial charge in [-0.1, -0.05) is 12.8 Å². The first-order chi connectivity index (χ1) is 12.6.